The van der Waals surface area contributed by atoms with Gasteiger partial charge in [-0.25, -0.2) is 4.98 Å². The van der Waals surface area contributed by atoms with E-state index in [-0.39, 0.29) is 6.04 Å². The lowest BCUT2D eigenvalue weighted by atomic mass is 10.1. The monoisotopic (exact) mass is 225 g/mol. The first-order chi connectivity index (χ1) is 7.72. The third-order valence-corrected chi connectivity index (χ3v) is 2.37. The van der Waals surface area contributed by atoms with Crippen molar-refractivity contribution in [3.63, 3.8) is 0 Å². The molecule has 2 N–H and O–H groups in total. The lowest BCUT2D eigenvalue weighted by Crippen LogP contribution is -2.14. The van der Waals surface area contributed by atoms with Crippen LogP contribution in [0.5, 0.6) is 11.8 Å². The molecule has 0 amide bonds. The molecule has 1 heterocycles. The Morgan fingerprint density at radius 3 is 2.69 bits per heavy atom. The molecule has 5 heteroatoms. The summed E-state index contributed by atoms with van der Waals surface area (Å²) in [4.78, 5) is 8.39. The molecule has 0 saturated heterocycles. The first-order valence-corrected chi connectivity index (χ1v) is 5.43. The Balaban J connectivity index is 2.85. The molecular formula is C11H19N3O2. The van der Waals surface area contributed by atoms with Crippen molar-refractivity contribution in [1.82, 2.24) is 9.97 Å². The smallest absolute Gasteiger partial charge is 0.240 e. The van der Waals surface area contributed by atoms with Crippen molar-refractivity contribution in [3.05, 3.63) is 11.9 Å². The Morgan fingerprint density at radius 2 is 2.12 bits per heavy atom. The van der Waals surface area contributed by atoms with Gasteiger partial charge in [0.2, 0.25) is 11.8 Å². The van der Waals surface area contributed by atoms with Crippen LogP contribution < -0.4 is 15.2 Å². The van der Waals surface area contributed by atoms with E-state index in [0.29, 0.717) is 17.5 Å². The fraction of sp³-hybridized carbons (Fsp3) is 0.636. The van der Waals surface area contributed by atoms with Crippen LogP contribution in [0, 0.1) is 0 Å². The van der Waals surface area contributed by atoms with Gasteiger partial charge in [-0.3, -0.25) is 0 Å². The van der Waals surface area contributed by atoms with Crippen molar-refractivity contribution in [2.24, 2.45) is 5.73 Å². The van der Waals surface area contributed by atoms with Gasteiger partial charge in [-0.15, -0.1) is 0 Å². The molecule has 5 nitrogen and oxygen atoms in total. The van der Waals surface area contributed by atoms with Gasteiger partial charge < -0.3 is 15.2 Å². The molecule has 0 aliphatic rings. The minimum absolute atomic E-state index is 0.131. The van der Waals surface area contributed by atoms with Gasteiger partial charge in [0.05, 0.1) is 26.5 Å². The van der Waals surface area contributed by atoms with E-state index in [4.69, 9.17) is 15.2 Å². The molecule has 0 spiro atoms. The van der Waals surface area contributed by atoms with E-state index in [1.165, 1.54) is 0 Å². The van der Waals surface area contributed by atoms with Crippen molar-refractivity contribution < 1.29 is 9.47 Å². The number of nitrogens with zero attached hydrogens (tertiary/aromatic N) is 2. The van der Waals surface area contributed by atoms with E-state index in [0.717, 1.165) is 19.3 Å². The van der Waals surface area contributed by atoms with Crippen LogP contribution in [0.1, 0.15) is 37.9 Å². The number of aromatic nitrogens is 2. The maximum Gasteiger partial charge on any atom is 0.240 e. The second-order valence-electron chi connectivity index (χ2n) is 3.56. The second kappa shape index (κ2) is 6.27. The highest BCUT2D eigenvalue weighted by Crippen LogP contribution is 2.24. The van der Waals surface area contributed by atoms with Crippen LogP contribution in [0.4, 0.5) is 0 Å². The van der Waals surface area contributed by atoms with Crippen LogP contribution in [0.3, 0.4) is 0 Å². The third-order valence-electron chi connectivity index (χ3n) is 2.37. The van der Waals surface area contributed by atoms with Crippen LogP contribution >= 0.6 is 0 Å². The third kappa shape index (κ3) is 3.06. The zero-order valence-electron chi connectivity index (χ0n) is 10.1. The summed E-state index contributed by atoms with van der Waals surface area (Å²) >= 11 is 0. The van der Waals surface area contributed by atoms with Gasteiger partial charge >= 0.3 is 0 Å². The lowest BCUT2D eigenvalue weighted by molar-refractivity contribution is 0.352. The minimum Gasteiger partial charge on any atom is -0.480 e. The summed E-state index contributed by atoms with van der Waals surface area (Å²) in [7, 11) is 3.10. The molecule has 0 saturated carbocycles. The quantitative estimate of drug-likeness (QED) is 0.797. The predicted octanol–water partition coefficient (Wildman–Crippen LogP) is 1.68. The zero-order valence-corrected chi connectivity index (χ0v) is 10.1. The van der Waals surface area contributed by atoms with Gasteiger partial charge in [0.1, 0.15) is 5.69 Å². The standard InChI is InChI=1S/C11H19N3O2/c1-4-5-6-8(12)10-11(16-3)14-9(15-2)7-13-10/h7-8H,4-6,12H2,1-3H3. The molecule has 0 radical (unpaired) electrons. The van der Waals surface area contributed by atoms with Crippen LogP contribution in [0.25, 0.3) is 0 Å². The maximum atomic E-state index is 6.03. The van der Waals surface area contributed by atoms with Gasteiger partial charge in [0.25, 0.3) is 0 Å². The summed E-state index contributed by atoms with van der Waals surface area (Å²) in [6, 6.07) is -0.131. The Kier molecular flexibility index (Phi) is 4.98. The fourth-order valence-corrected chi connectivity index (χ4v) is 1.43. The van der Waals surface area contributed by atoms with Gasteiger partial charge in [-0.2, -0.15) is 4.98 Å². The number of nitrogens with two attached hydrogens (primary N) is 1. The van der Waals surface area contributed by atoms with Gasteiger partial charge in [0.15, 0.2) is 0 Å². The highest BCUT2D eigenvalue weighted by Gasteiger charge is 2.15. The molecule has 1 rings (SSSR count). The summed E-state index contributed by atoms with van der Waals surface area (Å²) < 4.78 is 10.1. The van der Waals surface area contributed by atoms with E-state index in [9.17, 15) is 0 Å². The molecule has 1 aromatic heterocycles. The zero-order chi connectivity index (χ0) is 12.0. The molecule has 0 aromatic carbocycles. The number of methoxy groups -OCH3 is 2. The Morgan fingerprint density at radius 1 is 1.38 bits per heavy atom. The first kappa shape index (κ1) is 12.7. The van der Waals surface area contributed by atoms with Crippen LogP contribution in [-0.4, -0.2) is 24.2 Å². The highest BCUT2D eigenvalue weighted by atomic mass is 16.5. The first-order valence-electron chi connectivity index (χ1n) is 5.43. The molecule has 16 heavy (non-hydrogen) atoms. The van der Waals surface area contributed by atoms with Crippen LogP contribution in [-0.2, 0) is 0 Å². The summed E-state index contributed by atoms with van der Waals surface area (Å²) in [6.07, 6.45) is 4.62. The Bertz CT molecular complexity index is 331. The van der Waals surface area contributed by atoms with E-state index in [2.05, 4.69) is 16.9 Å². The molecule has 90 valence electrons. The van der Waals surface area contributed by atoms with Gasteiger partial charge in [-0.1, -0.05) is 19.8 Å². The second-order valence-corrected chi connectivity index (χ2v) is 3.56. The Labute approximate surface area is 96.0 Å². The van der Waals surface area contributed by atoms with Crippen molar-refractivity contribution in [2.75, 3.05) is 14.2 Å². The average molecular weight is 225 g/mol. The van der Waals surface area contributed by atoms with Crippen LogP contribution in [0.2, 0.25) is 0 Å². The summed E-state index contributed by atoms with van der Waals surface area (Å²) in [6.45, 7) is 2.13. The Hall–Kier alpha value is -1.36. The van der Waals surface area contributed by atoms with Crippen molar-refractivity contribution >= 4 is 0 Å². The highest BCUT2D eigenvalue weighted by molar-refractivity contribution is 5.25. The number of unbranched alkanes of at least 4 members (excludes halogenated alkanes) is 1. The van der Waals surface area contributed by atoms with Crippen LogP contribution in [0.15, 0.2) is 6.20 Å². The van der Waals surface area contributed by atoms with Crippen molar-refractivity contribution in [1.29, 1.82) is 0 Å². The fourth-order valence-electron chi connectivity index (χ4n) is 1.43. The topological polar surface area (TPSA) is 70.3 Å². The summed E-state index contributed by atoms with van der Waals surface area (Å²) in [5.41, 5.74) is 6.72. The van der Waals surface area contributed by atoms with E-state index in [1.807, 2.05) is 0 Å². The molecule has 0 aliphatic heterocycles. The molecule has 1 atom stereocenters. The predicted molar refractivity (Wildman–Crippen MR) is 61.6 cm³/mol. The number of hydrogen-bond donors (Lipinski definition) is 1. The molecule has 0 fully saturated rings. The SMILES string of the molecule is CCCCC(N)c1ncc(OC)nc1OC. The number of rotatable bonds is 6. The molecule has 1 unspecified atom stereocenters. The number of hydrogen-bond acceptors (Lipinski definition) is 5. The van der Waals surface area contributed by atoms with E-state index < -0.39 is 0 Å². The number of ether oxygens (including phenoxy) is 2. The van der Waals surface area contributed by atoms with Gasteiger partial charge in [0, 0.05) is 0 Å². The van der Waals surface area contributed by atoms with Gasteiger partial charge in [-0.05, 0) is 6.42 Å². The largest absolute Gasteiger partial charge is 0.480 e. The van der Waals surface area contributed by atoms with E-state index >= 15 is 0 Å². The lowest BCUT2D eigenvalue weighted by Gasteiger charge is -2.13. The average Bonchev–Trinajstić information content (AvgIpc) is 2.34. The molecular weight excluding hydrogens is 206 g/mol. The maximum absolute atomic E-state index is 6.03. The normalized spacial score (nSPS) is 12.2. The van der Waals surface area contributed by atoms with E-state index in [1.54, 1.807) is 20.4 Å². The molecule has 0 aliphatic carbocycles. The van der Waals surface area contributed by atoms with Crippen molar-refractivity contribution in [3.8, 4) is 11.8 Å². The summed E-state index contributed by atoms with van der Waals surface area (Å²) in [5, 5.41) is 0. The van der Waals surface area contributed by atoms with Crippen molar-refractivity contribution in [2.45, 2.75) is 32.2 Å². The molecule has 0 bridgehead atoms. The summed E-state index contributed by atoms with van der Waals surface area (Å²) in [5.74, 6) is 0.881. The molecule has 1 aromatic rings. The minimum atomic E-state index is -0.131.